The fourth-order valence-corrected chi connectivity index (χ4v) is 4.51. The molecule has 2 aromatic rings. The zero-order valence-electron chi connectivity index (χ0n) is 16.5. The molecule has 3 rings (SSSR count). The van der Waals surface area contributed by atoms with Gasteiger partial charge in [-0.2, -0.15) is 0 Å². The van der Waals surface area contributed by atoms with E-state index >= 15 is 0 Å². The van der Waals surface area contributed by atoms with E-state index in [1.807, 2.05) is 6.08 Å². The van der Waals surface area contributed by atoms with Crippen LogP contribution in [-0.2, 0) is 6.42 Å². The predicted octanol–water partition coefficient (Wildman–Crippen LogP) is 9.43. The van der Waals surface area contributed by atoms with E-state index in [1.54, 1.807) is 0 Å². The number of allylic oxidation sites excluding steroid dienone is 2. The highest BCUT2D eigenvalue weighted by atomic mass is 32.5. The first kappa shape index (κ1) is 21.9. The van der Waals surface area contributed by atoms with Gasteiger partial charge in [-0.3, -0.25) is 0 Å². The van der Waals surface area contributed by atoms with Crippen molar-refractivity contribution in [3.05, 3.63) is 71.3 Å². The number of hydrogen-bond acceptors (Lipinski definition) is 0. The van der Waals surface area contributed by atoms with Crippen molar-refractivity contribution in [2.75, 3.05) is 0 Å². The molecule has 1 unspecified atom stereocenters. The molecule has 29 heavy (non-hydrogen) atoms. The van der Waals surface area contributed by atoms with Gasteiger partial charge in [0.15, 0.2) is 0 Å². The van der Waals surface area contributed by atoms with Crippen LogP contribution in [0.1, 0.15) is 68.1 Å². The Morgan fingerprint density at radius 1 is 0.862 bits per heavy atom. The van der Waals surface area contributed by atoms with Crippen LogP contribution in [0.3, 0.4) is 0 Å². The monoisotopic (exact) mass is 430 g/mol. The van der Waals surface area contributed by atoms with E-state index in [2.05, 4.69) is 31.2 Å². The molecule has 0 saturated heterocycles. The van der Waals surface area contributed by atoms with Gasteiger partial charge >= 0.3 is 10.2 Å². The van der Waals surface area contributed by atoms with Crippen LogP contribution in [-0.4, -0.2) is 0 Å². The molecule has 0 radical (unpaired) electrons. The molecule has 0 aromatic heterocycles. The van der Waals surface area contributed by atoms with E-state index in [-0.39, 0.29) is 0 Å². The molecule has 2 aromatic carbocycles. The third-order valence-electron chi connectivity index (χ3n) is 5.60. The van der Waals surface area contributed by atoms with Crippen LogP contribution in [0.15, 0.2) is 59.5 Å². The topological polar surface area (TPSA) is 0 Å². The highest BCUT2D eigenvalue weighted by Crippen LogP contribution is 3.02. The molecule has 0 nitrogen and oxygen atoms in total. The first-order valence-electron chi connectivity index (χ1n) is 10.1. The Hall–Kier alpha value is -1.82. The van der Waals surface area contributed by atoms with Crippen LogP contribution in [0.4, 0.5) is 19.4 Å². The van der Waals surface area contributed by atoms with Crippen molar-refractivity contribution in [3.63, 3.8) is 0 Å². The Bertz CT molecular complexity index is 865. The van der Waals surface area contributed by atoms with Crippen LogP contribution in [0.5, 0.6) is 0 Å². The van der Waals surface area contributed by atoms with Crippen molar-refractivity contribution in [3.8, 4) is 0 Å². The predicted molar refractivity (Wildman–Crippen MR) is 112 cm³/mol. The van der Waals surface area contributed by atoms with E-state index in [4.69, 9.17) is 0 Å². The van der Waals surface area contributed by atoms with Gasteiger partial charge in [-0.25, -0.2) is 0 Å². The van der Waals surface area contributed by atoms with E-state index < -0.39 is 15.1 Å². The standard InChI is InChI=1S/C23H27F5S/c1-2-3-4-5-18-6-8-19(9-7-18)20-10-12-21(13-11-20)22-14-16-23(17-15-22)29(24,25,26,27)28/h6-9,12,14-17,20H,2-5,10-11,13H2,1H3. The molecule has 0 saturated carbocycles. The highest BCUT2D eigenvalue weighted by molar-refractivity contribution is 8.45. The lowest BCUT2D eigenvalue weighted by atomic mass is 9.82. The normalized spacial score (nSPS) is 19.9. The number of halogens is 5. The molecule has 0 bridgehead atoms. The summed E-state index contributed by atoms with van der Waals surface area (Å²) in [5.74, 6) is 0.382. The van der Waals surface area contributed by atoms with Crippen LogP contribution in [0.25, 0.3) is 5.57 Å². The number of hydrogen-bond donors (Lipinski definition) is 0. The summed E-state index contributed by atoms with van der Waals surface area (Å²) in [4.78, 5) is -1.83. The quantitative estimate of drug-likeness (QED) is 0.303. The fraction of sp³-hybridized carbons (Fsp3) is 0.391. The van der Waals surface area contributed by atoms with Crippen LogP contribution < -0.4 is 0 Å². The maximum Gasteiger partial charge on any atom is 0.310 e. The number of benzene rings is 2. The molecule has 0 heterocycles. The summed E-state index contributed by atoms with van der Waals surface area (Å²) in [6.45, 7) is 2.19. The second-order valence-electron chi connectivity index (χ2n) is 7.89. The Labute approximate surface area is 169 Å². The third kappa shape index (κ3) is 5.84. The maximum absolute atomic E-state index is 12.9. The van der Waals surface area contributed by atoms with E-state index in [9.17, 15) is 19.4 Å². The second kappa shape index (κ2) is 7.46. The first-order chi connectivity index (χ1) is 13.5. The summed E-state index contributed by atoms with van der Waals surface area (Å²) in [5, 5.41) is 0. The molecule has 1 aliphatic rings. The Balaban J connectivity index is 1.65. The van der Waals surface area contributed by atoms with Crippen molar-refractivity contribution in [2.24, 2.45) is 0 Å². The van der Waals surface area contributed by atoms with Gasteiger partial charge in [0.05, 0.1) is 0 Å². The van der Waals surface area contributed by atoms with Gasteiger partial charge in [0.1, 0.15) is 4.90 Å². The summed E-state index contributed by atoms with van der Waals surface area (Å²) in [5.41, 5.74) is 4.13. The van der Waals surface area contributed by atoms with Crippen LogP contribution in [0, 0.1) is 0 Å². The van der Waals surface area contributed by atoms with Gasteiger partial charge in [0.2, 0.25) is 0 Å². The summed E-state index contributed by atoms with van der Waals surface area (Å²) in [6, 6.07) is 12.0. The number of rotatable bonds is 7. The minimum absolute atomic E-state index is 0.382. The average molecular weight is 431 g/mol. The SMILES string of the molecule is CCCCCc1ccc(C2CC=C(c3ccc(S(F)(F)(F)(F)F)cc3)CC2)cc1. The molecular weight excluding hydrogens is 403 g/mol. The Morgan fingerprint density at radius 2 is 1.52 bits per heavy atom. The van der Waals surface area contributed by atoms with Gasteiger partial charge in [-0.15, -0.1) is 0 Å². The van der Waals surface area contributed by atoms with Crippen LogP contribution in [0.2, 0.25) is 0 Å². The van der Waals surface area contributed by atoms with Crippen molar-refractivity contribution in [1.82, 2.24) is 0 Å². The second-order valence-corrected chi connectivity index (χ2v) is 10.3. The molecular formula is C23H27F5S. The summed E-state index contributed by atoms with van der Waals surface area (Å²) in [6.07, 6.45) is 9.18. The van der Waals surface area contributed by atoms with Crippen molar-refractivity contribution >= 4 is 15.8 Å². The average Bonchev–Trinajstić information content (AvgIpc) is 2.67. The third-order valence-corrected chi connectivity index (χ3v) is 6.76. The molecule has 0 N–H and O–H groups in total. The largest absolute Gasteiger partial charge is 0.310 e. The Kier molecular flexibility index (Phi) is 5.63. The molecule has 1 atom stereocenters. The van der Waals surface area contributed by atoms with Gasteiger partial charge in [-0.05, 0) is 72.4 Å². The van der Waals surface area contributed by atoms with Crippen molar-refractivity contribution in [2.45, 2.75) is 62.7 Å². The summed E-state index contributed by atoms with van der Waals surface area (Å²) in [7, 11) is -9.60. The highest BCUT2D eigenvalue weighted by Gasteiger charge is 2.65. The van der Waals surface area contributed by atoms with Crippen LogP contribution >= 0.6 is 10.2 Å². The molecule has 0 amide bonds. The summed E-state index contributed by atoms with van der Waals surface area (Å²) < 4.78 is 64.3. The minimum atomic E-state index is -9.60. The van der Waals surface area contributed by atoms with E-state index in [1.165, 1.54) is 30.4 Å². The lowest BCUT2D eigenvalue weighted by Crippen LogP contribution is -2.07. The summed E-state index contributed by atoms with van der Waals surface area (Å²) >= 11 is 0. The van der Waals surface area contributed by atoms with Crippen molar-refractivity contribution < 1.29 is 19.4 Å². The molecule has 160 valence electrons. The van der Waals surface area contributed by atoms with E-state index in [0.29, 0.717) is 23.6 Å². The number of unbranched alkanes of at least 4 members (excludes halogenated alkanes) is 2. The van der Waals surface area contributed by atoms with Gasteiger partial charge in [-0.1, -0.05) is 81.7 Å². The zero-order chi connectivity index (χ0) is 21.2. The smallest absolute Gasteiger partial charge is 0.0936 e. The molecule has 0 aliphatic heterocycles. The first-order valence-corrected chi connectivity index (χ1v) is 12.0. The Morgan fingerprint density at radius 3 is 2.03 bits per heavy atom. The lowest BCUT2D eigenvalue weighted by molar-refractivity contribution is 0.364. The maximum atomic E-state index is 12.9. The van der Waals surface area contributed by atoms with Gasteiger partial charge in [0.25, 0.3) is 0 Å². The number of aryl methyl sites for hydroxylation is 1. The lowest BCUT2D eigenvalue weighted by Gasteiger charge is -2.40. The van der Waals surface area contributed by atoms with E-state index in [0.717, 1.165) is 43.4 Å². The zero-order valence-corrected chi connectivity index (χ0v) is 17.3. The minimum Gasteiger partial charge on any atom is -0.0936 e. The molecule has 0 fully saturated rings. The molecule has 0 spiro atoms. The van der Waals surface area contributed by atoms with Gasteiger partial charge < -0.3 is 0 Å². The molecule has 6 heteroatoms. The van der Waals surface area contributed by atoms with Gasteiger partial charge in [0, 0.05) is 0 Å². The molecule has 1 aliphatic carbocycles. The fourth-order valence-electron chi connectivity index (χ4n) is 3.86. The van der Waals surface area contributed by atoms with Crippen molar-refractivity contribution in [1.29, 1.82) is 0 Å².